The van der Waals surface area contributed by atoms with Gasteiger partial charge in [-0.05, 0) is 63.7 Å². The molecule has 2 aromatic carbocycles. The van der Waals surface area contributed by atoms with Crippen LogP contribution in [0.5, 0.6) is 0 Å². The molecule has 2 N–H and O–H groups in total. The predicted molar refractivity (Wildman–Crippen MR) is 167 cm³/mol. The lowest BCUT2D eigenvalue weighted by Gasteiger charge is -2.34. The molecule has 2 aliphatic rings. The number of aryl methyl sites for hydroxylation is 1. The summed E-state index contributed by atoms with van der Waals surface area (Å²) in [6, 6.07) is 17.1. The third-order valence-corrected chi connectivity index (χ3v) is 8.56. The number of benzene rings is 2. The SMILES string of the molecule is C=CC(=O)N1CCC(c2ccc(C(=O)Nc3nn(C)c4c3CN(C(=O)N[C@H](CN(C)C)c3ccccc3)C4(C)C)cc2)C1. The van der Waals surface area contributed by atoms with Gasteiger partial charge in [-0.2, -0.15) is 5.10 Å². The number of anilines is 1. The van der Waals surface area contributed by atoms with E-state index in [1.165, 1.54) is 6.08 Å². The van der Waals surface area contributed by atoms with Crippen LogP contribution in [0.2, 0.25) is 0 Å². The van der Waals surface area contributed by atoms with Crippen molar-refractivity contribution in [2.45, 2.75) is 44.3 Å². The molecule has 1 unspecified atom stereocenters. The molecule has 2 aliphatic heterocycles. The largest absolute Gasteiger partial charge is 0.339 e. The number of aromatic nitrogens is 2. The maximum absolute atomic E-state index is 13.7. The molecule has 1 saturated heterocycles. The third kappa shape index (κ3) is 6.06. The molecule has 0 saturated carbocycles. The molecule has 3 aromatic rings. The number of urea groups is 1. The molecule has 1 aromatic heterocycles. The maximum Gasteiger partial charge on any atom is 0.319 e. The Kier molecular flexibility index (Phi) is 8.41. The zero-order chi connectivity index (χ0) is 30.9. The summed E-state index contributed by atoms with van der Waals surface area (Å²) in [6.07, 6.45) is 2.23. The molecule has 4 amide bonds. The summed E-state index contributed by atoms with van der Waals surface area (Å²) >= 11 is 0. The quantitative estimate of drug-likeness (QED) is 0.387. The van der Waals surface area contributed by atoms with Crippen molar-refractivity contribution in [3.05, 3.63) is 95.2 Å². The van der Waals surface area contributed by atoms with Crippen LogP contribution in [0.15, 0.2) is 67.3 Å². The van der Waals surface area contributed by atoms with E-state index in [9.17, 15) is 14.4 Å². The molecule has 0 aliphatic carbocycles. The zero-order valence-electron chi connectivity index (χ0n) is 25.6. The highest BCUT2D eigenvalue weighted by molar-refractivity contribution is 6.04. The first-order valence-electron chi connectivity index (χ1n) is 14.7. The fourth-order valence-corrected chi connectivity index (χ4v) is 6.35. The van der Waals surface area contributed by atoms with Gasteiger partial charge in [0.1, 0.15) is 0 Å². The van der Waals surface area contributed by atoms with Gasteiger partial charge in [-0.1, -0.05) is 49.0 Å². The molecule has 0 bridgehead atoms. The van der Waals surface area contributed by atoms with Crippen LogP contribution in [0.1, 0.15) is 65.0 Å². The van der Waals surface area contributed by atoms with E-state index in [2.05, 4.69) is 27.2 Å². The van der Waals surface area contributed by atoms with E-state index in [1.807, 2.05) is 89.6 Å². The number of hydrogen-bond acceptors (Lipinski definition) is 5. The van der Waals surface area contributed by atoms with Crippen LogP contribution in [0, 0.1) is 0 Å². The number of likely N-dealkylation sites (N-methyl/N-ethyl adjacent to an activating group) is 1. The summed E-state index contributed by atoms with van der Waals surface area (Å²) < 4.78 is 1.76. The Bertz CT molecular complexity index is 1510. The molecule has 10 heteroatoms. The lowest BCUT2D eigenvalue weighted by Crippen LogP contribution is -2.49. The number of rotatable bonds is 8. The van der Waals surface area contributed by atoms with E-state index >= 15 is 0 Å². The van der Waals surface area contributed by atoms with Gasteiger partial charge < -0.3 is 25.3 Å². The molecule has 0 radical (unpaired) electrons. The number of carbonyl (C=O) groups excluding carboxylic acids is 3. The van der Waals surface area contributed by atoms with E-state index in [-0.39, 0.29) is 29.8 Å². The predicted octanol–water partition coefficient (Wildman–Crippen LogP) is 4.24. The van der Waals surface area contributed by atoms with Crippen LogP contribution in [0.4, 0.5) is 10.6 Å². The molecule has 43 heavy (non-hydrogen) atoms. The van der Waals surface area contributed by atoms with Crippen molar-refractivity contribution in [3.8, 4) is 0 Å². The number of hydrogen-bond donors (Lipinski definition) is 2. The molecule has 1 fully saturated rings. The fourth-order valence-electron chi connectivity index (χ4n) is 6.35. The minimum Gasteiger partial charge on any atom is -0.339 e. The van der Waals surface area contributed by atoms with Crippen molar-refractivity contribution in [3.63, 3.8) is 0 Å². The second kappa shape index (κ2) is 12.0. The Hall–Kier alpha value is -4.44. The smallest absolute Gasteiger partial charge is 0.319 e. The van der Waals surface area contributed by atoms with Crippen molar-refractivity contribution in [2.24, 2.45) is 7.05 Å². The fraction of sp³-hybridized carbons (Fsp3) is 0.394. The average molecular weight is 584 g/mol. The van der Waals surface area contributed by atoms with Crippen LogP contribution in [0.3, 0.4) is 0 Å². The van der Waals surface area contributed by atoms with E-state index in [0.717, 1.165) is 28.8 Å². The summed E-state index contributed by atoms with van der Waals surface area (Å²) in [5.74, 6) is 0.374. The van der Waals surface area contributed by atoms with Crippen molar-refractivity contribution in [2.75, 3.05) is 39.0 Å². The van der Waals surface area contributed by atoms with Gasteiger partial charge in [-0.3, -0.25) is 14.3 Å². The number of carbonyl (C=O) groups is 3. The van der Waals surface area contributed by atoms with Gasteiger partial charge in [0.25, 0.3) is 5.91 Å². The van der Waals surface area contributed by atoms with Crippen LogP contribution < -0.4 is 10.6 Å². The standard InChI is InChI=1S/C33H41N7O3/c1-7-28(41)39-18-17-25(19-39)22-13-15-24(16-14-22)31(42)35-30-26-20-40(33(2,3)29(26)38(6)36-30)32(43)34-27(21-37(4)5)23-11-9-8-10-12-23/h7-16,25,27H,1,17-21H2,2-6H3,(H,34,43)(H,35,36,42)/t25?,27-/m1/s1. The van der Waals surface area contributed by atoms with E-state index < -0.39 is 5.54 Å². The molecule has 5 rings (SSSR count). The number of likely N-dealkylation sites (tertiary alicyclic amines) is 1. The highest BCUT2D eigenvalue weighted by Gasteiger charge is 2.45. The van der Waals surface area contributed by atoms with E-state index in [1.54, 1.807) is 14.5 Å². The summed E-state index contributed by atoms with van der Waals surface area (Å²) in [7, 11) is 5.81. The van der Waals surface area contributed by atoms with Crippen molar-refractivity contribution >= 4 is 23.7 Å². The van der Waals surface area contributed by atoms with Crippen molar-refractivity contribution in [1.82, 2.24) is 29.8 Å². The molecular weight excluding hydrogens is 542 g/mol. The van der Waals surface area contributed by atoms with Gasteiger partial charge in [0.2, 0.25) is 5.91 Å². The lowest BCUT2D eigenvalue weighted by molar-refractivity contribution is -0.125. The van der Waals surface area contributed by atoms with Crippen LogP contribution in [-0.4, -0.2) is 76.1 Å². The minimum absolute atomic E-state index is 0.0507. The van der Waals surface area contributed by atoms with Gasteiger partial charge in [-0.25, -0.2) is 4.79 Å². The summed E-state index contributed by atoms with van der Waals surface area (Å²) in [5, 5.41) is 10.8. The number of nitrogens with zero attached hydrogens (tertiary/aromatic N) is 5. The Morgan fingerprint density at radius 1 is 1.12 bits per heavy atom. The summed E-state index contributed by atoms with van der Waals surface area (Å²) in [5.41, 5.74) is 3.72. The first kappa shape index (κ1) is 30.0. The van der Waals surface area contributed by atoms with Gasteiger partial charge in [0.05, 0.1) is 23.8 Å². The van der Waals surface area contributed by atoms with Gasteiger partial charge in [0, 0.05) is 43.7 Å². The summed E-state index contributed by atoms with van der Waals surface area (Å²) in [4.78, 5) is 44.6. The van der Waals surface area contributed by atoms with Crippen LogP contribution in [0.25, 0.3) is 0 Å². The zero-order valence-corrected chi connectivity index (χ0v) is 25.6. The first-order valence-corrected chi connectivity index (χ1v) is 14.7. The minimum atomic E-state index is -0.646. The Morgan fingerprint density at radius 2 is 1.81 bits per heavy atom. The second-order valence-electron chi connectivity index (χ2n) is 12.2. The Labute approximate surface area is 253 Å². The highest BCUT2D eigenvalue weighted by atomic mass is 16.2. The normalized spacial score (nSPS) is 18.0. The van der Waals surface area contributed by atoms with Crippen molar-refractivity contribution < 1.29 is 14.4 Å². The number of amides is 4. The highest BCUT2D eigenvalue weighted by Crippen LogP contribution is 2.42. The van der Waals surface area contributed by atoms with E-state index in [0.29, 0.717) is 37.6 Å². The van der Waals surface area contributed by atoms with E-state index in [4.69, 9.17) is 0 Å². The molecule has 10 nitrogen and oxygen atoms in total. The molecule has 226 valence electrons. The topological polar surface area (TPSA) is 103 Å². The maximum atomic E-state index is 13.7. The molecular formula is C33H41N7O3. The van der Waals surface area contributed by atoms with Gasteiger partial charge in [0.15, 0.2) is 5.82 Å². The average Bonchev–Trinajstić information content (AvgIpc) is 3.67. The first-order chi connectivity index (χ1) is 20.5. The number of fused-ring (bicyclic) bond motifs is 1. The van der Waals surface area contributed by atoms with Crippen LogP contribution in [-0.2, 0) is 23.9 Å². The van der Waals surface area contributed by atoms with Gasteiger partial charge in [-0.15, -0.1) is 0 Å². The summed E-state index contributed by atoms with van der Waals surface area (Å²) in [6.45, 7) is 9.91. The van der Waals surface area contributed by atoms with Crippen molar-refractivity contribution in [1.29, 1.82) is 0 Å². The Morgan fingerprint density at radius 3 is 2.47 bits per heavy atom. The lowest BCUT2D eigenvalue weighted by atomic mass is 9.97. The Balaban J connectivity index is 1.29. The number of nitrogens with one attached hydrogen (secondary N) is 2. The monoisotopic (exact) mass is 583 g/mol. The molecule has 2 atom stereocenters. The van der Waals surface area contributed by atoms with Crippen LogP contribution >= 0.6 is 0 Å². The third-order valence-electron chi connectivity index (χ3n) is 8.56. The molecule has 0 spiro atoms. The second-order valence-corrected chi connectivity index (χ2v) is 12.2. The van der Waals surface area contributed by atoms with Gasteiger partial charge >= 0.3 is 6.03 Å². The molecule has 3 heterocycles.